The van der Waals surface area contributed by atoms with Crippen LogP contribution in [-0.4, -0.2) is 32.8 Å². The first-order chi connectivity index (χ1) is 17.7. The summed E-state index contributed by atoms with van der Waals surface area (Å²) in [5.74, 6) is 0.523. The predicted octanol–water partition coefficient (Wildman–Crippen LogP) is 6.95. The number of hydrogen-bond acceptors (Lipinski definition) is 4. The number of fused-ring (bicyclic) bond motifs is 1. The van der Waals surface area contributed by atoms with Gasteiger partial charge in [-0.15, -0.1) is 0 Å². The molecule has 0 bridgehead atoms. The van der Waals surface area contributed by atoms with Crippen molar-refractivity contribution in [1.82, 2.24) is 9.47 Å². The van der Waals surface area contributed by atoms with Crippen LogP contribution in [0.15, 0.2) is 90.3 Å². The van der Waals surface area contributed by atoms with Crippen LogP contribution in [0.4, 0.5) is 13.2 Å². The molecule has 1 aliphatic heterocycles. The molecule has 0 unspecified atom stereocenters. The van der Waals surface area contributed by atoms with Gasteiger partial charge in [-0.05, 0) is 84.0 Å². The van der Waals surface area contributed by atoms with Crippen LogP contribution >= 0.6 is 0 Å². The monoisotopic (exact) mass is 508 g/mol. The van der Waals surface area contributed by atoms with Crippen LogP contribution in [-0.2, 0) is 19.2 Å². The summed E-state index contributed by atoms with van der Waals surface area (Å²) in [6, 6.07) is 13.5. The van der Waals surface area contributed by atoms with Crippen LogP contribution in [0.5, 0.6) is 5.75 Å². The molecule has 8 heteroatoms. The molecule has 2 heterocycles. The quantitative estimate of drug-likeness (QED) is 0.339. The molecule has 0 amide bonds. The lowest BCUT2D eigenvalue weighted by molar-refractivity contribution is -0.137. The van der Waals surface area contributed by atoms with Crippen LogP contribution in [0.25, 0.3) is 11.3 Å². The van der Waals surface area contributed by atoms with Crippen LogP contribution in [0, 0.1) is 0 Å². The van der Waals surface area contributed by atoms with Gasteiger partial charge in [-0.2, -0.15) is 13.2 Å². The number of ether oxygens (including phenoxy) is 1. The first kappa shape index (κ1) is 24.6. The van der Waals surface area contributed by atoms with E-state index in [1.165, 1.54) is 21.8 Å². The number of hydrogen-bond donors (Lipinski definition) is 2. The average Bonchev–Trinajstić information content (AvgIpc) is 3.39. The fourth-order valence-electron chi connectivity index (χ4n) is 4.87. The van der Waals surface area contributed by atoms with Gasteiger partial charge in [0.1, 0.15) is 18.6 Å². The molecule has 192 valence electrons. The fraction of sp³-hybridized carbons (Fsp3) is 0.241. The summed E-state index contributed by atoms with van der Waals surface area (Å²) < 4.78 is 48.5. The Morgan fingerprint density at radius 3 is 2.54 bits per heavy atom. The molecule has 5 rings (SSSR count). The van der Waals surface area contributed by atoms with Gasteiger partial charge >= 0.3 is 6.18 Å². The molecule has 2 aromatic carbocycles. The fourth-order valence-corrected chi connectivity index (χ4v) is 4.87. The smallest absolute Gasteiger partial charge is 0.418 e. The summed E-state index contributed by atoms with van der Waals surface area (Å²) in [7, 11) is 0. The first-order valence-electron chi connectivity index (χ1n) is 12.0. The largest absolute Gasteiger partial charge is 0.512 e. The van der Waals surface area contributed by atoms with Crippen molar-refractivity contribution < 1.29 is 28.1 Å². The first-order valence-corrected chi connectivity index (χ1v) is 12.0. The van der Waals surface area contributed by atoms with Gasteiger partial charge in [0.2, 0.25) is 0 Å². The lowest BCUT2D eigenvalue weighted by Gasteiger charge is -2.33. The summed E-state index contributed by atoms with van der Waals surface area (Å²) in [5, 5.41) is 18.5. The van der Waals surface area contributed by atoms with Gasteiger partial charge in [-0.25, -0.2) is 0 Å². The van der Waals surface area contributed by atoms with Crippen LogP contribution < -0.4 is 4.74 Å². The van der Waals surface area contributed by atoms with Gasteiger partial charge in [-0.1, -0.05) is 12.1 Å². The number of allylic oxidation sites excluding steroid dienone is 1. The number of aromatic nitrogens is 1. The maximum Gasteiger partial charge on any atom is 0.418 e. The summed E-state index contributed by atoms with van der Waals surface area (Å²) in [4.78, 5) is 2.09. The van der Waals surface area contributed by atoms with E-state index in [-0.39, 0.29) is 18.1 Å². The normalized spacial score (nSPS) is 15.8. The Bertz CT molecular complexity index is 1400. The minimum atomic E-state index is -4.48. The molecule has 0 fully saturated rings. The molecule has 2 aliphatic rings. The molecule has 3 aromatic rings. The molecule has 1 aliphatic carbocycles. The van der Waals surface area contributed by atoms with Crippen molar-refractivity contribution in [2.75, 3.05) is 13.1 Å². The molecular weight excluding hydrogens is 481 g/mol. The van der Waals surface area contributed by atoms with Crippen molar-refractivity contribution in [3.8, 4) is 11.4 Å². The van der Waals surface area contributed by atoms with E-state index in [0.717, 1.165) is 36.6 Å². The number of aliphatic hydroxyl groups is 2. The van der Waals surface area contributed by atoms with Crippen molar-refractivity contribution >= 4 is 5.57 Å². The predicted molar refractivity (Wildman–Crippen MR) is 135 cm³/mol. The van der Waals surface area contributed by atoms with Crippen molar-refractivity contribution in [2.24, 2.45) is 0 Å². The Kier molecular flexibility index (Phi) is 6.50. The minimum Gasteiger partial charge on any atom is -0.512 e. The highest BCUT2D eigenvalue weighted by Crippen LogP contribution is 2.36. The number of halogens is 3. The standard InChI is InChI=1S/C29H27F3N2O3/c1-19-22(14-33-15-23(16-33)28(36)17-35)6-5-21-13-24(7-8-25(19)21)37-18-20-4-9-27(34-10-2-3-11-34)26(12-20)29(30,31)32/h2-4,7-13,15,17,35-36H,5-6,14,16,18H2,1H3/b28-17+. The van der Waals surface area contributed by atoms with Gasteiger partial charge in [0.05, 0.1) is 11.3 Å². The van der Waals surface area contributed by atoms with Gasteiger partial charge in [-0.3, -0.25) is 0 Å². The number of benzene rings is 2. The molecule has 5 nitrogen and oxygen atoms in total. The van der Waals surface area contributed by atoms with Gasteiger partial charge in [0.25, 0.3) is 0 Å². The SMILES string of the molecule is CC1=C(CN2C=C(/C(O)=C\O)C2)CCc2cc(OCc3ccc(-n4cccc4)c(C(F)(F)F)c3)ccc21. The van der Waals surface area contributed by atoms with Crippen molar-refractivity contribution in [1.29, 1.82) is 0 Å². The third-order valence-electron chi connectivity index (χ3n) is 6.92. The highest BCUT2D eigenvalue weighted by molar-refractivity contribution is 5.72. The third kappa shape index (κ3) is 5.09. The minimum absolute atomic E-state index is 0.0344. The van der Waals surface area contributed by atoms with E-state index >= 15 is 0 Å². The molecule has 1 aromatic heterocycles. The number of nitrogens with zero attached hydrogens (tertiary/aromatic N) is 2. The van der Waals surface area contributed by atoms with E-state index in [1.807, 2.05) is 24.4 Å². The average molecular weight is 509 g/mol. The van der Waals surface area contributed by atoms with Gasteiger partial charge in [0, 0.05) is 37.3 Å². The third-order valence-corrected chi connectivity index (χ3v) is 6.92. The highest BCUT2D eigenvalue weighted by atomic mass is 19.4. The van der Waals surface area contributed by atoms with Gasteiger partial charge in [0.15, 0.2) is 5.76 Å². The van der Waals surface area contributed by atoms with Crippen LogP contribution in [0.3, 0.4) is 0 Å². The second kappa shape index (κ2) is 9.76. The molecule has 0 spiro atoms. The lowest BCUT2D eigenvalue weighted by atomic mass is 9.85. The Morgan fingerprint density at radius 1 is 1.08 bits per heavy atom. The number of aryl methyl sites for hydroxylation is 1. The summed E-state index contributed by atoms with van der Waals surface area (Å²) in [5.41, 5.74) is 5.35. The van der Waals surface area contributed by atoms with Crippen molar-refractivity contribution in [3.63, 3.8) is 0 Å². The number of alkyl halides is 3. The zero-order chi connectivity index (χ0) is 26.2. The molecule has 0 saturated carbocycles. The zero-order valence-electron chi connectivity index (χ0n) is 20.3. The molecular formula is C29H27F3N2O3. The van der Waals surface area contributed by atoms with Crippen LogP contribution in [0.1, 0.15) is 35.6 Å². The molecule has 2 N–H and O–H groups in total. The summed E-state index contributed by atoms with van der Waals surface area (Å²) in [6.07, 6.45) is 2.98. The van der Waals surface area contributed by atoms with E-state index in [0.29, 0.717) is 29.7 Å². The van der Waals surface area contributed by atoms with E-state index in [4.69, 9.17) is 9.84 Å². The van der Waals surface area contributed by atoms with E-state index in [1.54, 1.807) is 30.6 Å². The van der Waals surface area contributed by atoms with Crippen molar-refractivity contribution in [2.45, 2.75) is 32.5 Å². The van der Waals surface area contributed by atoms with Gasteiger partial charge < -0.3 is 24.4 Å². The molecule has 37 heavy (non-hydrogen) atoms. The van der Waals surface area contributed by atoms with E-state index in [9.17, 15) is 18.3 Å². The van der Waals surface area contributed by atoms with E-state index < -0.39 is 11.7 Å². The number of rotatable bonds is 7. The summed E-state index contributed by atoms with van der Waals surface area (Å²) >= 11 is 0. The molecule has 0 saturated heterocycles. The lowest BCUT2D eigenvalue weighted by Crippen LogP contribution is -2.33. The highest BCUT2D eigenvalue weighted by Gasteiger charge is 2.34. The second-order valence-electron chi connectivity index (χ2n) is 9.35. The zero-order valence-corrected chi connectivity index (χ0v) is 20.3. The topological polar surface area (TPSA) is 57.9 Å². The number of aliphatic hydroxyl groups excluding tert-OH is 2. The summed E-state index contributed by atoms with van der Waals surface area (Å²) in [6.45, 7) is 3.47. The maximum absolute atomic E-state index is 13.7. The van der Waals surface area contributed by atoms with Crippen molar-refractivity contribution in [3.05, 3.63) is 113 Å². The maximum atomic E-state index is 13.7. The Labute approximate surface area is 213 Å². The van der Waals surface area contributed by atoms with Crippen LogP contribution in [0.2, 0.25) is 0 Å². The second-order valence-corrected chi connectivity index (χ2v) is 9.35. The van der Waals surface area contributed by atoms with E-state index in [2.05, 4.69) is 11.8 Å². The Balaban J connectivity index is 1.28. The Morgan fingerprint density at radius 2 is 1.84 bits per heavy atom. The molecule has 0 atom stereocenters. The Hall–Kier alpha value is -4.07. The molecule has 0 radical (unpaired) electrons.